The second-order valence-corrected chi connectivity index (χ2v) is 6.34. The Balaban J connectivity index is 1.92. The van der Waals surface area contributed by atoms with Crippen LogP contribution in [-0.4, -0.2) is 15.3 Å². The number of ether oxygens (including phenoxy) is 1. The van der Waals surface area contributed by atoms with Crippen molar-refractivity contribution in [1.29, 1.82) is 0 Å². The Morgan fingerprint density at radius 1 is 1.12 bits per heavy atom. The molecule has 2 aromatic carbocycles. The summed E-state index contributed by atoms with van der Waals surface area (Å²) < 4.78 is 9.25. The molecule has 0 aliphatic heterocycles. The maximum Gasteiger partial charge on any atom is 0.348 e. The first-order valence-electron chi connectivity index (χ1n) is 6.84. The number of halogens is 2. The maximum absolute atomic E-state index is 12.5. The van der Waals surface area contributed by atoms with Gasteiger partial charge in [0.2, 0.25) is 0 Å². The number of esters is 1. The Morgan fingerprint density at radius 2 is 1.80 bits per heavy atom. The molecule has 0 aliphatic carbocycles. The van der Waals surface area contributed by atoms with E-state index in [0.717, 1.165) is 11.5 Å². The molecule has 0 N–H and O–H groups in total. The molecule has 0 atom stereocenters. The molecular formula is C16H8Cl2N2O4S. The van der Waals surface area contributed by atoms with Crippen molar-refractivity contribution in [2.75, 3.05) is 0 Å². The summed E-state index contributed by atoms with van der Waals surface area (Å²) in [5.41, 5.74) is 0.606. The quantitative estimate of drug-likeness (QED) is 0.261. The molecule has 3 aromatic rings. The number of nitrogens with zero attached hydrogens (tertiary/aromatic N) is 2. The van der Waals surface area contributed by atoms with Gasteiger partial charge in [0.05, 0.1) is 9.80 Å². The molecule has 0 saturated heterocycles. The molecular weight excluding hydrogens is 387 g/mol. The van der Waals surface area contributed by atoms with Crippen LogP contribution in [0.5, 0.6) is 5.75 Å². The highest BCUT2D eigenvalue weighted by atomic mass is 35.5. The van der Waals surface area contributed by atoms with Crippen molar-refractivity contribution in [1.82, 2.24) is 4.37 Å². The van der Waals surface area contributed by atoms with E-state index in [0.29, 0.717) is 15.5 Å². The van der Waals surface area contributed by atoms with Gasteiger partial charge in [0.25, 0.3) is 5.69 Å². The van der Waals surface area contributed by atoms with Gasteiger partial charge in [-0.2, -0.15) is 4.37 Å². The van der Waals surface area contributed by atoms with Crippen LogP contribution in [0.4, 0.5) is 5.69 Å². The highest BCUT2D eigenvalue weighted by Gasteiger charge is 2.24. The van der Waals surface area contributed by atoms with Gasteiger partial charge < -0.3 is 4.74 Å². The topological polar surface area (TPSA) is 82.3 Å². The van der Waals surface area contributed by atoms with Gasteiger partial charge in [0.15, 0.2) is 5.15 Å². The van der Waals surface area contributed by atoms with Crippen LogP contribution in [-0.2, 0) is 0 Å². The lowest BCUT2D eigenvalue weighted by Gasteiger charge is -2.06. The molecule has 6 nitrogen and oxygen atoms in total. The van der Waals surface area contributed by atoms with E-state index in [1.807, 2.05) is 0 Å². The second kappa shape index (κ2) is 7.18. The number of nitro benzene ring substituents is 1. The summed E-state index contributed by atoms with van der Waals surface area (Å²) in [4.78, 5) is 23.1. The number of rotatable bonds is 4. The molecule has 0 bridgehead atoms. The van der Waals surface area contributed by atoms with E-state index in [1.165, 1.54) is 24.3 Å². The SMILES string of the molecule is O=C(Oc1ccc([N+](=O)[O-])cc1)c1c(Cl)nsc1-c1ccccc1Cl. The fourth-order valence-electron chi connectivity index (χ4n) is 2.07. The number of carbonyl (C=O) groups is 1. The molecule has 0 fully saturated rings. The van der Waals surface area contributed by atoms with Crippen molar-refractivity contribution < 1.29 is 14.5 Å². The van der Waals surface area contributed by atoms with Crippen molar-refractivity contribution in [3.8, 4) is 16.2 Å². The lowest BCUT2D eigenvalue weighted by molar-refractivity contribution is -0.384. The minimum absolute atomic E-state index is 0.00633. The fraction of sp³-hybridized carbons (Fsp3) is 0. The zero-order valence-corrected chi connectivity index (χ0v) is 14.6. The third-order valence-corrected chi connectivity index (χ3v) is 4.81. The number of aromatic nitrogens is 1. The molecule has 0 aliphatic rings. The van der Waals surface area contributed by atoms with Gasteiger partial charge in [-0.1, -0.05) is 41.4 Å². The Bertz CT molecular complexity index is 957. The minimum Gasteiger partial charge on any atom is -0.423 e. The van der Waals surface area contributed by atoms with Crippen LogP contribution < -0.4 is 4.74 Å². The Hall–Kier alpha value is -2.48. The van der Waals surface area contributed by atoms with Crippen molar-refractivity contribution in [2.45, 2.75) is 0 Å². The molecule has 9 heteroatoms. The molecule has 0 amide bonds. The zero-order valence-electron chi connectivity index (χ0n) is 12.3. The first-order valence-corrected chi connectivity index (χ1v) is 8.37. The molecule has 1 aromatic heterocycles. The van der Waals surface area contributed by atoms with E-state index < -0.39 is 10.9 Å². The van der Waals surface area contributed by atoms with E-state index in [2.05, 4.69) is 4.37 Å². The maximum atomic E-state index is 12.5. The molecule has 126 valence electrons. The molecule has 0 spiro atoms. The van der Waals surface area contributed by atoms with Gasteiger partial charge in [-0.05, 0) is 29.7 Å². The van der Waals surface area contributed by atoms with E-state index in [9.17, 15) is 14.9 Å². The first-order chi connectivity index (χ1) is 12.0. The third-order valence-electron chi connectivity index (χ3n) is 3.23. The Labute approximate surface area is 155 Å². The Morgan fingerprint density at radius 3 is 2.44 bits per heavy atom. The van der Waals surface area contributed by atoms with Crippen LogP contribution in [0.15, 0.2) is 48.5 Å². The predicted molar refractivity (Wildman–Crippen MR) is 95.6 cm³/mol. The number of hydrogen-bond donors (Lipinski definition) is 0. The smallest absolute Gasteiger partial charge is 0.348 e. The van der Waals surface area contributed by atoms with Crippen molar-refractivity contribution in [3.05, 3.63) is 74.4 Å². The number of carbonyl (C=O) groups excluding carboxylic acids is 1. The predicted octanol–water partition coefficient (Wildman–Crippen LogP) is 5.24. The van der Waals surface area contributed by atoms with Crippen LogP contribution >= 0.6 is 34.7 Å². The number of hydrogen-bond acceptors (Lipinski definition) is 6. The first kappa shape index (κ1) is 17.3. The van der Waals surface area contributed by atoms with Gasteiger partial charge >= 0.3 is 5.97 Å². The standard InChI is InChI=1S/C16H8Cl2N2O4S/c17-12-4-2-1-3-11(12)14-13(15(18)19-25-14)16(21)24-10-7-5-9(6-8-10)20(22)23/h1-8H. The lowest BCUT2D eigenvalue weighted by atomic mass is 10.1. The Kier molecular flexibility index (Phi) is 4.98. The van der Waals surface area contributed by atoms with Crippen LogP contribution in [0.25, 0.3) is 10.4 Å². The second-order valence-electron chi connectivity index (χ2n) is 4.80. The van der Waals surface area contributed by atoms with Gasteiger partial charge in [-0.3, -0.25) is 10.1 Å². The van der Waals surface area contributed by atoms with Crippen LogP contribution in [0, 0.1) is 10.1 Å². The van der Waals surface area contributed by atoms with Crippen molar-refractivity contribution in [2.24, 2.45) is 0 Å². The van der Waals surface area contributed by atoms with Gasteiger partial charge in [0, 0.05) is 22.7 Å². The third kappa shape index (κ3) is 3.63. The molecule has 25 heavy (non-hydrogen) atoms. The van der Waals surface area contributed by atoms with Crippen LogP contribution in [0.3, 0.4) is 0 Å². The van der Waals surface area contributed by atoms with E-state index in [4.69, 9.17) is 27.9 Å². The summed E-state index contributed by atoms with van der Waals surface area (Å²) in [6.07, 6.45) is 0. The molecule has 0 saturated carbocycles. The summed E-state index contributed by atoms with van der Waals surface area (Å²) in [6, 6.07) is 12.1. The average molecular weight is 395 g/mol. The summed E-state index contributed by atoms with van der Waals surface area (Å²) in [5.74, 6) is -0.564. The van der Waals surface area contributed by atoms with Crippen LogP contribution in [0.1, 0.15) is 10.4 Å². The van der Waals surface area contributed by atoms with Gasteiger partial charge in [0.1, 0.15) is 11.3 Å². The summed E-state index contributed by atoms with van der Waals surface area (Å²) >= 11 is 13.2. The van der Waals surface area contributed by atoms with Gasteiger partial charge in [-0.25, -0.2) is 4.79 Å². The number of nitro groups is 1. The summed E-state index contributed by atoms with van der Waals surface area (Å²) in [6.45, 7) is 0. The summed E-state index contributed by atoms with van der Waals surface area (Å²) in [5, 5.41) is 11.1. The molecule has 1 heterocycles. The normalized spacial score (nSPS) is 10.5. The fourth-order valence-corrected chi connectivity index (χ4v) is 3.50. The van der Waals surface area contributed by atoms with E-state index >= 15 is 0 Å². The monoisotopic (exact) mass is 394 g/mol. The highest BCUT2D eigenvalue weighted by Crippen LogP contribution is 2.37. The lowest BCUT2D eigenvalue weighted by Crippen LogP contribution is -2.09. The molecule has 0 radical (unpaired) electrons. The number of non-ortho nitro benzene ring substituents is 1. The van der Waals surface area contributed by atoms with Crippen LogP contribution in [0.2, 0.25) is 10.2 Å². The number of benzene rings is 2. The van der Waals surface area contributed by atoms with Crippen molar-refractivity contribution in [3.63, 3.8) is 0 Å². The zero-order chi connectivity index (χ0) is 18.0. The molecule has 3 rings (SSSR count). The van der Waals surface area contributed by atoms with Gasteiger partial charge in [-0.15, -0.1) is 0 Å². The van der Waals surface area contributed by atoms with E-state index in [-0.39, 0.29) is 22.2 Å². The average Bonchev–Trinajstić information content (AvgIpc) is 2.97. The largest absolute Gasteiger partial charge is 0.423 e. The van der Waals surface area contributed by atoms with E-state index in [1.54, 1.807) is 24.3 Å². The molecule has 0 unspecified atom stereocenters. The highest BCUT2D eigenvalue weighted by molar-refractivity contribution is 7.10. The van der Waals surface area contributed by atoms with Crippen molar-refractivity contribution >= 4 is 46.4 Å². The summed E-state index contributed by atoms with van der Waals surface area (Å²) in [7, 11) is 0. The minimum atomic E-state index is -0.720.